The van der Waals surface area contributed by atoms with Crippen molar-refractivity contribution < 1.29 is 14.3 Å². The predicted molar refractivity (Wildman–Crippen MR) is 74.7 cm³/mol. The fraction of sp³-hybridized carbons (Fsp3) is 0.867. The molecular weight excluding hydrogens is 242 g/mol. The van der Waals surface area contributed by atoms with Crippen LogP contribution >= 0.6 is 0 Å². The third-order valence-corrected chi connectivity index (χ3v) is 3.74. The van der Waals surface area contributed by atoms with E-state index in [0.29, 0.717) is 18.9 Å². The van der Waals surface area contributed by atoms with E-state index in [9.17, 15) is 9.59 Å². The molecule has 0 atom stereocenters. The standard InChI is InChI=1S/C15H27NO3/c1-4-19-15(18)11-16(12(2)3)14(17)10-13-8-6-5-7-9-13/h12-13H,4-11H2,1-3H3. The average molecular weight is 269 g/mol. The SMILES string of the molecule is CCOC(=O)CN(C(=O)CC1CCCCC1)C(C)C. The molecule has 1 fully saturated rings. The average Bonchev–Trinajstić information content (AvgIpc) is 2.37. The van der Waals surface area contributed by atoms with Gasteiger partial charge >= 0.3 is 5.97 Å². The molecule has 1 aliphatic rings. The summed E-state index contributed by atoms with van der Waals surface area (Å²) in [6.07, 6.45) is 6.64. The van der Waals surface area contributed by atoms with Gasteiger partial charge in [0.05, 0.1) is 6.61 Å². The molecule has 0 spiro atoms. The van der Waals surface area contributed by atoms with E-state index in [-0.39, 0.29) is 24.5 Å². The lowest BCUT2D eigenvalue weighted by molar-refractivity contribution is -0.150. The number of ether oxygens (including phenoxy) is 1. The van der Waals surface area contributed by atoms with Crippen LogP contribution in [0.3, 0.4) is 0 Å². The van der Waals surface area contributed by atoms with E-state index in [1.165, 1.54) is 19.3 Å². The van der Waals surface area contributed by atoms with E-state index < -0.39 is 0 Å². The van der Waals surface area contributed by atoms with Crippen LogP contribution in [-0.2, 0) is 14.3 Å². The molecule has 4 heteroatoms. The molecule has 0 aromatic rings. The molecule has 0 bridgehead atoms. The first-order valence-electron chi connectivity index (χ1n) is 7.49. The monoisotopic (exact) mass is 269 g/mol. The summed E-state index contributed by atoms with van der Waals surface area (Å²) >= 11 is 0. The van der Waals surface area contributed by atoms with Crippen LogP contribution in [0.4, 0.5) is 0 Å². The number of rotatable bonds is 6. The van der Waals surface area contributed by atoms with Crippen molar-refractivity contribution in [2.24, 2.45) is 5.92 Å². The number of nitrogens with zero attached hydrogens (tertiary/aromatic N) is 1. The minimum Gasteiger partial charge on any atom is -0.465 e. The normalized spacial score (nSPS) is 16.4. The third kappa shape index (κ3) is 5.62. The van der Waals surface area contributed by atoms with Crippen molar-refractivity contribution in [3.05, 3.63) is 0 Å². The van der Waals surface area contributed by atoms with Crippen LogP contribution in [0.2, 0.25) is 0 Å². The first-order valence-corrected chi connectivity index (χ1v) is 7.49. The molecule has 0 saturated heterocycles. The van der Waals surface area contributed by atoms with Crippen molar-refractivity contribution in [3.8, 4) is 0 Å². The summed E-state index contributed by atoms with van der Waals surface area (Å²) in [5, 5.41) is 0. The van der Waals surface area contributed by atoms with Crippen molar-refractivity contribution in [3.63, 3.8) is 0 Å². The largest absolute Gasteiger partial charge is 0.465 e. The minimum absolute atomic E-state index is 0.0421. The summed E-state index contributed by atoms with van der Waals surface area (Å²) in [4.78, 5) is 25.5. The van der Waals surface area contributed by atoms with Gasteiger partial charge in [-0.25, -0.2) is 0 Å². The Morgan fingerprint density at radius 1 is 1.21 bits per heavy atom. The molecule has 110 valence electrons. The summed E-state index contributed by atoms with van der Waals surface area (Å²) in [5.74, 6) is 0.285. The van der Waals surface area contributed by atoms with Crippen LogP contribution in [0, 0.1) is 5.92 Å². The highest BCUT2D eigenvalue weighted by atomic mass is 16.5. The minimum atomic E-state index is -0.312. The lowest BCUT2D eigenvalue weighted by Crippen LogP contribution is -2.42. The summed E-state index contributed by atoms with van der Waals surface area (Å²) in [5.41, 5.74) is 0. The second-order valence-electron chi connectivity index (χ2n) is 5.63. The molecule has 0 aromatic carbocycles. The number of carbonyl (C=O) groups excluding carboxylic acids is 2. The van der Waals surface area contributed by atoms with Crippen LogP contribution in [0.5, 0.6) is 0 Å². The Kier molecular flexibility index (Phi) is 6.89. The summed E-state index contributed by atoms with van der Waals surface area (Å²) in [6.45, 7) is 6.11. The van der Waals surface area contributed by atoms with Crippen molar-refractivity contribution in [1.29, 1.82) is 0 Å². The van der Waals surface area contributed by atoms with E-state index >= 15 is 0 Å². The van der Waals surface area contributed by atoms with Crippen LogP contribution in [0.25, 0.3) is 0 Å². The lowest BCUT2D eigenvalue weighted by atomic mass is 9.86. The number of hydrogen-bond acceptors (Lipinski definition) is 3. The van der Waals surface area contributed by atoms with Gasteiger partial charge in [-0.1, -0.05) is 19.3 Å². The number of esters is 1. The second kappa shape index (κ2) is 8.18. The zero-order valence-electron chi connectivity index (χ0n) is 12.5. The fourth-order valence-corrected chi connectivity index (χ4v) is 2.66. The van der Waals surface area contributed by atoms with Gasteiger partial charge in [0.25, 0.3) is 0 Å². The van der Waals surface area contributed by atoms with Gasteiger partial charge in [-0.15, -0.1) is 0 Å². The van der Waals surface area contributed by atoms with Gasteiger partial charge in [0.1, 0.15) is 6.54 Å². The van der Waals surface area contributed by atoms with E-state index in [0.717, 1.165) is 12.8 Å². The third-order valence-electron chi connectivity index (χ3n) is 3.74. The maximum absolute atomic E-state index is 12.3. The molecule has 0 heterocycles. The van der Waals surface area contributed by atoms with E-state index in [2.05, 4.69) is 0 Å². The zero-order valence-corrected chi connectivity index (χ0v) is 12.5. The van der Waals surface area contributed by atoms with Crippen LogP contribution in [0.1, 0.15) is 59.3 Å². The van der Waals surface area contributed by atoms with Gasteiger partial charge in [0.2, 0.25) is 5.91 Å². The first-order chi connectivity index (χ1) is 9.04. The quantitative estimate of drug-likeness (QED) is 0.697. The molecule has 0 unspecified atom stereocenters. The van der Waals surface area contributed by atoms with Gasteiger partial charge in [-0.2, -0.15) is 0 Å². The Morgan fingerprint density at radius 2 is 1.84 bits per heavy atom. The van der Waals surface area contributed by atoms with E-state index in [1.807, 2.05) is 13.8 Å². The molecule has 0 radical (unpaired) electrons. The van der Waals surface area contributed by atoms with Gasteiger partial charge in [-0.05, 0) is 39.5 Å². The van der Waals surface area contributed by atoms with Crippen LogP contribution < -0.4 is 0 Å². The molecule has 1 saturated carbocycles. The number of amides is 1. The Morgan fingerprint density at radius 3 is 2.37 bits per heavy atom. The number of carbonyl (C=O) groups is 2. The first kappa shape index (κ1) is 16.0. The maximum Gasteiger partial charge on any atom is 0.325 e. The molecule has 1 aliphatic carbocycles. The summed E-state index contributed by atoms with van der Waals surface area (Å²) in [6, 6.07) is 0.0421. The van der Waals surface area contributed by atoms with Crippen LogP contribution in [0.15, 0.2) is 0 Å². The fourth-order valence-electron chi connectivity index (χ4n) is 2.66. The number of hydrogen-bond donors (Lipinski definition) is 0. The molecule has 0 N–H and O–H groups in total. The van der Waals surface area contributed by atoms with Gasteiger partial charge in [0, 0.05) is 12.5 Å². The topological polar surface area (TPSA) is 46.6 Å². The van der Waals surface area contributed by atoms with Gasteiger partial charge < -0.3 is 9.64 Å². The molecular formula is C15H27NO3. The highest BCUT2D eigenvalue weighted by Crippen LogP contribution is 2.27. The Balaban J connectivity index is 2.49. The van der Waals surface area contributed by atoms with E-state index in [1.54, 1.807) is 11.8 Å². The van der Waals surface area contributed by atoms with Gasteiger partial charge in [-0.3, -0.25) is 9.59 Å². The highest BCUT2D eigenvalue weighted by Gasteiger charge is 2.24. The molecule has 19 heavy (non-hydrogen) atoms. The Hall–Kier alpha value is -1.06. The Labute approximate surface area is 116 Å². The zero-order chi connectivity index (χ0) is 14.3. The summed E-state index contributed by atoms with van der Waals surface area (Å²) < 4.78 is 4.93. The molecule has 1 amide bonds. The second-order valence-corrected chi connectivity index (χ2v) is 5.63. The molecule has 0 aliphatic heterocycles. The van der Waals surface area contributed by atoms with E-state index in [4.69, 9.17) is 4.74 Å². The van der Waals surface area contributed by atoms with Crippen molar-refractivity contribution in [1.82, 2.24) is 4.90 Å². The maximum atomic E-state index is 12.3. The lowest BCUT2D eigenvalue weighted by Gasteiger charge is -2.29. The predicted octanol–water partition coefficient (Wildman–Crippen LogP) is 2.76. The van der Waals surface area contributed by atoms with Crippen molar-refractivity contribution in [2.45, 2.75) is 65.3 Å². The van der Waals surface area contributed by atoms with Crippen molar-refractivity contribution >= 4 is 11.9 Å². The Bertz CT molecular complexity index is 296. The highest BCUT2D eigenvalue weighted by molar-refractivity contribution is 5.82. The summed E-state index contributed by atoms with van der Waals surface area (Å²) in [7, 11) is 0. The smallest absolute Gasteiger partial charge is 0.325 e. The van der Waals surface area contributed by atoms with Gasteiger partial charge in [0.15, 0.2) is 0 Å². The molecule has 4 nitrogen and oxygen atoms in total. The van der Waals surface area contributed by atoms with Crippen LogP contribution in [-0.4, -0.2) is 36.0 Å². The van der Waals surface area contributed by atoms with Crippen molar-refractivity contribution in [2.75, 3.05) is 13.2 Å². The molecule has 1 rings (SSSR count). The molecule has 0 aromatic heterocycles.